The van der Waals surface area contributed by atoms with Crippen molar-refractivity contribution < 1.29 is 9.53 Å². The molecular formula is C25H30N2O2. The number of esters is 1. The molecule has 0 radical (unpaired) electrons. The fourth-order valence-corrected chi connectivity index (χ4v) is 3.34. The number of hydrogen-bond acceptors (Lipinski definition) is 3. The smallest absolute Gasteiger partial charge is 0.344 e. The lowest BCUT2D eigenvalue weighted by Gasteiger charge is -2.19. The summed E-state index contributed by atoms with van der Waals surface area (Å²) in [6, 6.07) is 15.7. The van der Waals surface area contributed by atoms with Crippen LogP contribution < -0.4 is 4.74 Å². The number of ether oxygens (including phenoxy) is 1. The molecule has 0 unspecified atom stereocenters. The summed E-state index contributed by atoms with van der Waals surface area (Å²) in [5.74, 6) is 0.0738. The van der Waals surface area contributed by atoms with Crippen molar-refractivity contribution in [2.24, 2.45) is 0 Å². The molecule has 4 heteroatoms. The predicted molar refractivity (Wildman–Crippen MR) is 117 cm³/mol. The lowest BCUT2D eigenvalue weighted by Crippen LogP contribution is -2.14. The molecule has 1 heterocycles. The lowest BCUT2D eigenvalue weighted by molar-refractivity contribution is 0.0723. The van der Waals surface area contributed by atoms with E-state index in [0.717, 1.165) is 29.8 Å². The molecule has 0 saturated carbocycles. The molecule has 0 aliphatic heterocycles. The van der Waals surface area contributed by atoms with E-state index < -0.39 is 0 Å². The van der Waals surface area contributed by atoms with Crippen LogP contribution in [0.15, 0.2) is 48.5 Å². The van der Waals surface area contributed by atoms with E-state index in [4.69, 9.17) is 9.84 Å². The number of benzene rings is 2. The summed E-state index contributed by atoms with van der Waals surface area (Å²) < 4.78 is 7.52. The Kier molecular flexibility index (Phi) is 5.92. The van der Waals surface area contributed by atoms with Crippen molar-refractivity contribution in [3.63, 3.8) is 0 Å². The van der Waals surface area contributed by atoms with Gasteiger partial charge in [-0.15, -0.1) is 0 Å². The summed E-state index contributed by atoms with van der Waals surface area (Å²) in [5.41, 5.74) is 5.86. The van der Waals surface area contributed by atoms with Crippen LogP contribution in [0.4, 0.5) is 0 Å². The van der Waals surface area contributed by atoms with E-state index >= 15 is 0 Å². The van der Waals surface area contributed by atoms with Gasteiger partial charge in [0.25, 0.3) is 0 Å². The van der Waals surface area contributed by atoms with Crippen LogP contribution in [-0.2, 0) is 11.8 Å². The van der Waals surface area contributed by atoms with Gasteiger partial charge in [-0.3, -0.25) is 0 Å². The van der Waals surface area contributed by atoms with Crippen LogP contribution in [0.5, 0.6) is 5.88 Å². The Balaban J connectivity index is 1.92. The lowest BCUT2D eigenvalue weighted by atomic mass is 9.87. The molecule has 0 atom stereocenters. The van der Waals surface area contributed by atoms with Crippen molar-refractivity contribution in [2.45, 2.75) is 59.8 Å². The zero-order valence-electron chi connectivity index (χ0n) is 18.2. The first kappa shape index (κ1) is 20.8. The maximum atomic E-state index is 12.8. The van der Waals surface area contributed by atoms with Crippen LogP contribution in [-0.4, -0.2) is 15.7 Å². The normalized spacial score (nSPS) is 11.5. The highest BCUT2D eigenvalue weighted by molar-refractivity contribution is 5.91. The molecule has 0 bridgehead atoms. The fourth-order valence-electron chi connectivity index (χ4n) is 3.34. The number of rotatable bonds is 5. The molecule has 0 spiro atoms. The van der Waals surface area contributed by atoms with E-state index in [-0.39, 0.29) is 11.4 Å². The number of hydrogen-bond donors (Lipinski definition) is 0. The number of carbonyl (C=O) groups excluding carboxylic acids is 1. The Hall–Kier alpha value is -2.88. The molecule has 3 aromatic rings. The van der Waals surface area contributed by atoms with Crippen LogP contribution in [0.1, 0.15) is 66.9 Å². The fraction of sp³-hybridized carbons (Fsp3) is 0.360. The highest BCUT2D eigenvalue weighted by Gasteiger charge is 2.18. The van der Waals surface area contributed by atoms with E-state index in [0.29, 0.717) is 11.4 Å². The van der Waals surface area contributed by atoms with Crippen molar-refractivity contribution in [1.82, 2.24) is 9.78 Å². The van der Waals surface area contributed by atoms with Gasteiger partial charge < -0.3 is 4.74 Å². The first-order valence-corrected chi connectivity index (χ1v) is 10.2. The largest absolute Gasteiger partial charge is 0.404 e. The monoisotopic (exact) mass is 390 g/mol. The maximum Gasteiger partial charge on any atom is 0.344 e. The van der Waals surface area contributed by atoms with Gasteiger partial charge in [0.1, 0.15) is 0 Å². The molecule has 0 aliphatic carbocycles. The highest BCUT2D eigenvalue weighted by atomic mass is 16.5. The molecule has 0 amide bonds. The average Bonchev–Trinajstić information content (AvgIpc) is 3.03. The second-order valence-electron chi connectivity index (χ2n) is 8.64. The van der Waals surface area contributed by atoms with Crippen molar-refractivity contribution in [1.29, 1.82) is 0 Å². The van der Waals surface area contributed by atoms with Crippen molar-refractivity contribution in [3.8, 4) is 11.6 Å². The standard InChI is InChI=1S/C25H30N2O2/c1-7-8-21-16-23(27(26-21)22-14-9-17(2)15-18(22)3)29-24(28)19-10-12-20(13-11-19)25(4,5)6/h9-16H,7-8H2,1-6H3. The van der Waals surface area contributed by atoms with Gasteiger partial charge in [0.15, 0.2) is 0 Å². The second kappa shape index (κ2) is 8.24. The summed E-state index contributed by atoms with van der Waals surface area (Å²) in [6.45, 7) is 12.7. The Bertz CT molecular complexity index is 1010. The van der Waals surface area contributed by atoms with Crippen LogP contribution in [0.25, 0.3) is 5.69 Å². The van der Waals surface area contributed by atoms with Gasteiger partial charge in [0.05, 0.1) is 16.9 Å². The topological polar surface area (TPSA) is 44.1 Å². The number of aryl methyl sites for hydroxylation is 3. The third-order valence-corrected chi connectivity index (χ3v) is 5.00. The summed E-state index contributed by atoms with van der Waals surface area (Å²) in [5, 5.41) is 4.69. The molecule has 4 nitrogen and oxygen atoms in total. The summed E-state index contributed by atoms with van der Waals surface area (Å²) in [7, 11) is 0. The molecule has 2 aromatic carbocycles. The van der Waals surface area contributed by atoms with Gasteiger partial charge >= 0.3 is 5.97 Å². The maximum absolute atomic E-state index is 12.8. The molecule has 1 aromatic heterocycles. The van der Waals surface area contributed by atoms with E-state index in [1.807, 2.05) is 49.4 Å². The Labute approximate surface area is 173 Å². The minimum Gasteiger partial charge on any atom is -0.404 e. The van der Waals surface area contributed by atoms with Crippen LogP contribution in [0, 0.1) is 13.8 Å². The summed E-state index contributed by atoms with van der Waals surface area (Å²) in [6.07, 6.45) is 1.81. The first-order chi connectivity index (χ1) is 13.7. The van der Waals surface area contributed by atoms with Gasteiger partial charge in [-0.2, -0.15) is 5.10 Å². The molecule has 152 valence electrons. The van der Waals surface area contributed by atoms with Crippen LogP contribution in [0.2, 0.25) is 0 Å². The van der Waals surface area contributed by atoms with Gasteiger partial charge in [-0.05, 0) is 55.0 Å². The van der Waals surface area contributed by atoms with Crippen LogP contribution >= 0.6 is 0 Å². The second-order valence-corrected chi connectivity index (χ2v) is 8.64. The van der Waals surface area contributed by atoms with Gasteiger partial charge in [0, 0.05) is 6.07 Å². The van der Waals surface area contributed by atoms with Crippen molar-refractivity contribution in [3.05, 3.63) is 76.5 Å². The van der Waals surface area contributed by atoms with Crippen molar-refractivity contribution >= 4 is 5.97 Å². The minimum atomic E-state index is -0.376. The summed E-state index contributed by atoms with van der Waals surface area (Å²) >= 11 is 0. The molecule has 29 heavy (non-hydrogen) atoms. The van der Waals surface area contributed by atoms with Gasteiger partial charge in [0.2, 0.25) is 5.88 Å². The summed E-state index contributed by atoms with van der Waals surface area (Å²) in [4.78, 5) is 12.8. The number of carbonyl (C=O) groups is 1. The zero-order chi connectivity index (χ0) is 21.2. The SMILES string of the molecule is CCCc1cc(OC(=O)c2ccc(C(C)(C)C)cc2)n(-c2ccc(C)cc2C)n1. The number of aromatic nitrogens is 2. The third-order valence-electron chi connectivity index (χ3n) is 5.00. The van der Waals surface area contributed by atoms with E-state index in [2.05, 4.69) is 40.7 Å². The first-order valence-electron chi connectivity index (χ1n) is 10.2. The van der Waals surface area contributed by atoms with E-state index in [9.17, 15) is 4.79 Å². The molecule has 0 fully saturated rings. The minimum absolute atomic E-state index is 0.0407. The quantitative estimate of drug-likeness (QED) is 0.505. The zero-order valence-corrected chi connectivity index (χ0v) is 18.2. The molecule has 0 N–H and O–H groups in total. The third kappa shape index (κ3) is 4.76. The molecule has 3 rings (SSSR count). The Morgan fingerprint density at radius 3 is 2.31 bits per heavy atom. The van der Waals surface area contributed by atoms with Gasteiger partial charge in [-0.25, -0.2) is 9.48 Å². The Morgan fingerprint density at radius 1 is 1.03 bits per heavy atom. The average molecular weight is 391 g/mol. The van der Waals surface area contributed by atoms with Crippen LogP contribution in [0.3, 0.4) is 0 Å². The molecular weight excluding hydrogens is 360 g/mol. The molecule has 0 saturated heterocycles. The molecule has 0 aliphatic rings. The van der Waals surface area contributed by atoms with E-state index in [1.165, 1.54) is 11.1 Å². The Morgan fingerprint density at radius 2 is 1.72 bits per heavy atom. The number of nitrogens with zero attached hydrogens (tertiary/aromatic N) is 2. The van der Waals surface area contributed by atoms with Crippen molar-refractivity contribution in [2.75, 3.05) is 0 Å². The predicted octanol–water partition coefficient (Wildman–Crippen LogP) is 5.96. The van der Waals surface area contributed by atoms with Gasteiger partial charge in [-0.1, -0.05) is 63.9 Å². The highest BCUT2D eigenvalue weighted by Crippen LogP contribution is 2.26. The van der Waals surface area contributed by atoms with E-state index in [1.54, 1.807) is 4.68 Å².